The minimum atomic E-state index is -0.401. The molecule has 1 amide bonds. The lowest BCUT2D eigenvalue weighted by atomic mass is 9.78. The minimum absolute atomic E-state index is 0.0676. The van der Waals surface area contributed by atoms with Crippen LogP contribution in [0.1, 0.15) is 44.5 Å². The molecule has 2 unspecified atom stereocenters. The van der Waals surface area contributed by atoms with E-state index < -0.39 is 5.54 Å². The lowest BCUT2D eigenvalue weighted by Crippen LogP contribution is -2.47. The van der Waals surface area contributed by atoms with E-state index in [2.05, 4.69) is 10.3 Å². The molecule has 19 heavy (non-hydrogen) atoms. The molecule has 1 saturated carbocycles. The highest BCUT2D eigenvalue weighted by atomic mass is 32.1. The Balaban J connectivity index is 2.03. The predicted octanol–water partition coefficient (Wildman–Crippen LogP) is 2.26. The number of carbonyl (C=O) groups excluding carboxylic acids is 1. The fourth-order valence-electron chi connectivity index (χ4n) is 2.82. The normalized spacial score (nSPS) is 24.2. The van der Waals surface area contributed by atoms with Crippen LogP contribution >= 0.6 is 11.3 Å². The Bertz CT molecular complexity index is 416. The Morgan fingerprint density at radius 1 is 1.53 bits per heavy atom. The van der Waals surface area contributed by atoms with Crippen LogP contribution in [0, 0.1) is 11.8 Å². The van der Waals surface area contributed by atoms with Crippen LogP contribution in [-0.4, -0.2) is 17.4 Å². The summed E-state index contributed by atoms with van der Waals surface area (Å²) in [4.78, 5) is 16.8. The third-order valence-corrected chi connectivity index (χ3v) is 5.05. The topological polar surface area (TPSA) is 68.0 Å². The van der Waals surface area contributed by atoms with E-state index in [1.54, 1.807) is 17.5 Å². The van der Waals surface area contributed by atoms with E-state index >= 15 is 0 Å². The Labute approximate surface area is 118 Å². The molecule has 0 saturated heterocycles. The van der Waals surface area contributed by atoms with E-state index in [9.17, 15) is 4.79 Å². The summed E-state index contributed by atoms with van der Waals surface area (Å²) in [6.45, 7) is 4.61. The summed E-state index contributed by atoms with van der Waals surface area (Å²) in [6, 6.07) is 0. The molecular formula is C14H23N3OS. The van der Waals surface area contributed by atoms with Crippen LogP contribution in [0.3, 0.4) is 0 Å². The van der Waals surface area contributed by atoms with E-state index in [1.807, 2.05) is 19.2 Å². The maximum absolute atomic E-state index is 12.5. The van der Waals surface area contributed by atoms with E-state index in [0.717, 1.165) is 24.3 Å². The van der Waals surface area contributed by atoms with Gasteiger partial charge in [-0.15, -0.1) is 11.3 Å². The number of hydrogen-bond donors (Lipinski definition) is 2. The number of nitrogens with one attached hydrogen (secondary N) is 1. The van der Waals surface area contributed by atoms with Gasteiger partial charge < -0.3 is 11.1 Å². The third kappa shape index (κ3) is 3.34. The summed E-state index contributed by atoms with van der Waals surface area (Å²) in [6.07, 6.45) is 6.14. The minimum Gasteiger partial charge on any atom is -0.344 e. The van der Waals surface area contributed by atoms with Crippen molar-refractivity contribution in [2.24, 2.45) is 17.6 Å². The van der Waals surface area contributed by atoms with Gasteiger partial charge in [0.2, 0.25) is 5.91 Å². The molecule has 2 atom stereocenters. The van der Waals surface area contributed by atoms with E-state index in [4.69, 9.17) is 5.73 Å². The van der Waals surface area contributed by atoms with E-state index in [0.29, 0.717) is 12.5 Å². The molecule has 1 aromatic heterocycles. The van der Waals surface area contributed by atoms with Gasteiger partial charge in [-0.25, -0.2) is 4.98 Å². The molecule has 0 aromatic carbocycles. The number of amides is 1. The van der Waals surface area contributed by atoms with Gasteiger partial charge in [0.15, 0.2) is 0 Å². The smallest absolute Gasteiger partial charge is 0.224 e. The first-order valence-corrected chi connectivity index (χ1v) is 7.84. The van der Waals surface area contributed by atoms with Gasteiger partial charge in [0.25, 0.3) is 0 Å². The van der Waals surface area contributed by atoms with Gasteiger partial charge in [0.1, 0.15) is 5.01 Å². The maximum Gasteiger partial charge on any atom is 0.224 e. The van der Waals surface area contributed by atoms with Crippen LogP contribution in [0.5, 0.6) is 0 Å². The molecule has 0 radical (unpaired) electrons. The summed E-state index contributed by atoms with van der Waals surface area (Å²) in [7, 11) is 0. The van der Waals surface area contributed by atoms with Crippen molar-refractivity contribution < 1.29 is 4.79 Å². The van der Waals surface area contributed by atoms with Gasteiger partial charge in [0.05, 0.1) is 5.54 Å². The van der Waals surface area contributed by atoms with Crippen molar-refractivity contribution in [3.8, 4) is 0 Å². The fourth-order valence-corrected chi connectivity index (χ4v) is 3.54. The van der Waals surface area contributed by atoms with Crippen molar-refractivity contribution in [3.05, 3.63) is 16.6 Å². The summed E-state index contributed by atoms with van der Waals surface area (Å²) in [5.74, 6) is 0.536. The van der Waals surface area contributed by atoms with Crippen LogP contribution in [0.2, 0.25) is 0 Å². The van der Waals surface area contributed by atoms with Gasteiger partial charge >= 0.3 is 0 Å². The first-order valence-electron chi connectivity index (χ1n) is 6.96. The molecule has 1 aromatic rings. The summed E-state index contributed by atoms with van der Waals surface area (Å²) in [5.41, 5.74) is 5.40. The molecule has 1 aliphatic rings. The molecule has 1 aliphatic carbocycles. The standard InChI is InChI=1S/C14H23N3OS/c1-14(2,13-16-7-8-19-13)17-12(18)11-6-4-3-5-10(11)9-15/h7-8,10-11H,3-6,9,15H2,1-2H3,(H,17,18). The molecule has 0 aliphatic heterocycles. The average molecular weight is 281 g/mol. The SMILES string of the molecule is CC(C)(NC(=O)C1CCCCC1CN)c1nccs1. The van der Waals surface area contributed by atoms with Gasteiger partial charge in [-0.3, -0.25) is 4.79 Å². The molecule has 4 nitrogen and oxygen atoms in total. The van der Waals surface area contributed by atoms with Gasteiger partial charge in [-0.2, -0.15) is 0 Å². The Kier molecular flexibility index (Phi) is 4.58. The number of nitrogens with two attached hydrogens (primary N) is 1. The summed E-state index contributed by atoms with van der Waals surface area (Å²) < 4.78 is 0. The monoisotopic (exact) mass is 281 g/mol. The van der Waals surface area contributed by atoms with Crippen LogP contribution in [0.15, 0.2) is 11.6 Å². The molecule has 3 N–H and O–H groups in total. The average Bonchev–Trinajstić information content (AvgIpc) is 2.93. The van der Waals surface area contributed by atoms with Crippen molar-refractivity contribution in [1.29, 1.82) is 0 Å². The molecule has 1 fully saturated rings. The van der Waals surface area contributed by atoms with E-state index in [1.165, 1.54) is 6.42 Å². The lowest BCUT2D eigenvalue weighted by molar-refractivity contribution is -0.129. The predicted molar refractivity (Wildman–Crippen MR) is 77.8 cm³/mol. The van der Waals surface area contributed by atoms with Crippen LogP contribution < -0.4 is 11.1 Å². The fraction of sp³-hybridized carbons (Fsp3) is 0.714. The van der Waals surface area contributed by atoms with Crippen LogP contribution in [0.4, 0.5) is 0 Å². The molecule has 106 valence electrons. The molecule has 1 heterocycles. The highest BCUT2D eigenvalue weighted by molar-refractivity contribution is 7.09. The summed E-state index contributed by atoms with van der Waals surface area (Å²) >= 11 is 1.57. The number of nitrogens with zero attached hydrogens (tertiary/aromatic N) is 1. The highest BCUT2D eigenvalue weighted by Gasteiger charge is 2.34. The molecule has 0 spiro atoms. The Hall–Kier alpha value is -0.940. The second kappa shape index (κ2) is 6.01. The molecule has 2 rings (SSSR count). The number of aromatic nitrogens is 1. The number of hydrogen-bond acceptors (Lipinski definition) is 4. The maximum atomic E-state index is 12.5. The van der Waals surface area contributed by atoms with Crippen molar-refractivity contribution in [2.75, 3.05) is 6.54 Å². The second-order valence-corrected chi connectivity index (χ2v) is 6.73. The van der Waals surface area contributed by atoms with E-state index in [-0.39, 0.29) is 11.8 Å². The largest absolute Gasteiger partial charge is 0.344 e. The van der Waals surface area contributed by atoms with Crippen molar-refractivity contribution in [2.45, 2.75) is 45.1 Å². The molecule has 5 heteroatoms. The quantitative estimate of drug-likeness (QED) is 0.889. The van der Waals surface area contributed by atoms with Gasteiger partial charge in [-0.1, -0.05) is 12.8 Å². The Morgan fingerprint density at radius 2 is 2.26 bits per heavy atom. The zero-order chi connectivity index (χ0) is 13.9. The highest BCUT2D eigenvalue weighted by Crippen LogP contribution is 2.31. The van der Waals surface area contributed by atoms with Crippen LogP contribution in [0.25, 0.3) is 0 Å². The molecular weight excluding hydrogens is 258 g/mol. The van der Waals surface area contributed by atoms with Gasteiger partial charge in [0, 0.05) is 17.5 Å². The van der Waals surface area contributed by atoms with Crippen molar-refractivity contribution in [3.63, 3.8) is 0 Å². The lowest BCUT2D eigenvalue weighted by Gasteiger charge is -2.33. The summed E-state index contributed by atoms with van der Waals surface area (Å²) in [5, 5.41) is 6.03. The first kappa shape index (κ1) is 14.5. The Morgan fingerprint density at radius 3 is 2.89 bits per heavy atom. The van der Waals surface area contributed by atoms with Crippen molar-refractivity contribution >= 4 is 17.2 Å². The van der Waals surface area contributed by atoms with Crippen LogP contribution in [-0.2, 0) is 10.3 Å². The first-order chi connectivity index (χ1) is 9.04. The van der Waals surface area contributed by atoms with Gasteiger partial charge in [-0.05, 0) is 39.2 Å². The zero-order valence-corrected chi connectivity index (χ0v) is 12.5. The molecule has 0 bridgehead atoms. The second-order valence-electron chi connectivity index (χ2n) is 5.84. The number of rotatable bonds is 4. The third-order valence-electron chi connectivity index (χ3n) is 3.95. The number of carbonyl (C=O) groups is 1. The number of thiazole rings is 1. The van der Waals surface area contributed by atoms with Crippen molar-refractivity contribution in [1.82, 2.24) is 10.3 Å². The zero-order valence-electron chi connectivity index (χ0n) is 11.7.